The van der Waals surface area contributed by atoms with Crippen LogP contribution in [0, 0.1) is 0 Å². The van der Waals surface area contributed by atoms with Crippen molar-refractivity contribution in [3.8, 4) is 5.75 Å². The third-order valence-electron chi connectivity index (χ3n) is 1.81. The Labute approximate surface area is 67.4 Å². The van der Waals surface area contributed by atoms with Crippen LogP contribution >= 0.6 is 0 Å². The maximum absolute atomic E-state index is 5.07. The number of nitrogens with zero attached hydrogens (tertiary/aromatic N) is 1. The van der Waals surface area contributed by atoms with Gasteiger partial charge in [-0.3, -0.25) is 0 Å². The van der Waals surface area contributed by atoms with Gasteiger partial charge in [0, 0.05) is 12.5 Å². The maximum Gasteiger partial charge on any atom is 0.211 e. The van der Waals surface area contributed by atoms with E-state index in [1.54, 1.807) is 7.11 Å². The van der Waals surface area contributed by atoms with E-state index in [1.165, 1.54) is 5.69 Å². The number of ether oxygens (including phenoxy) is 1. The molecule has 11 heavy (non-hydrogen) atoms. The fraction of sp³-hybridized carbons (Fsp3) is 0.444. The Hall–Kier alpha value is -1.05. The van der Waals surface area contributed by atoms with E-state index < -0.39 is 0 Å². The van der Waals surface area contributed by atoms with E-state index >= 15 is 0 Å². The van der Waals surface area contributed by atoms with Gasteiger partial charge in [0.15, 0.2) is 11.4 Å². The van der Waals surface area contributed by atoms with E-state index in [0.29, 0.717) is 0 Å². The molecule has 0 radical (unpaired) electrons. The molecule has 1 heterocycles. The minimum Gasteiger partial charge on any atom is -0.491 e. The molecule has 0 aliphatic carbocycles. The van der Waals surface area contributed by atoms with Crippen LogP contribution in [0.2, 0.25) is 0 Å². The summed E-state index contributed by atoms with van der Waals surface area (Å²) in [5, 5.41) is 0. The molecule has 0 atom stereocenters. The van der Waals surface area contributed by atoms with Crippen molar-refractivity contribution in [1.29, 1.82) is 0 Å². The van der Waals surface area contributed by atoms with Crippen LogP contribution in [0.1, 0.15) is 12.6 Å². The van der Waals surface area contributed by atoms with Gasteiger partial charge in [0.2, 0.25) is 6.20 Å². The van der Waals surface area contributed by atoms with Gasteiger partial charge in [-0.25, -0.2) is 4.57 Å². The number of methoxy groups -OCH3 is 1. The van der Waals surface area contributed by atoms with Crippen LogP contribution in [0.5, 0.6) is 5.75 Å². The van der Waals surface area contributed by atoms with Gasteiger partial charge in [-0.2, -0.15) is 0 Å². The Bertz CT molecular complexity index is 245. The first kappa shape index (κ1) is 8.05. The lowest BCUT2D eigenvalue weighted by molar-refractivity contribution is -0.679. The molecular formula is C9H14NO+. The highest BCUT2D eigenvalue weighted by molar-refractivity contribution is 5.15. The van der Waals surface area contributed by atoms with E-state index in [9.17, 15) is 0 Å². The lowest BCUT2D eigenvalue weighted by Gasteiger charge is -1.99. The molecule has 0 amide bonds. The van der Waals surface area contributed by atoms with Gasteiger partial charge in [0.05, 0.1) is 7.11 Å². The fourth-order valence-electron chi connectivity index (χ4n) is 1.10. The van der Waals surface area contributed by atoms with Crippen LogP contribution in [0.4, 0.5) is 0 Å². The molecule has 0 N–H and O–H groups in total. The second-order valence-electron chi connectivity index (χ2n) is 2.52. The molecule has 1 aromatic heterocycles. The van der Waals surface area contributed by atoms with Gasteiger partial charge in [-0.1, -0.05) is 6.92 Å². The average Bonchev–Trinajstić information content (AvgIpc) is 2.04. The van der Waals surface area contributed by atoms with E-state index in [2.05, 4.69) is 17.6 Å². The van der Waals surface area contributed by atoms with Gasteiger partial charge in [0.25, 0.3) is 0 Å². The third kappa shape index (κ3) is 1.70. The van der Waals surface area contributed by atoms with E-state index in [-0.39, 0.29) is 0 Å². The number of hydrogen-bond acceptors (Lipinski definition) is 1. The first-order valence-electron chi connectivity index (χ1n) is 3.80. The highest BCUT2D eigenvalue weighted by Gasteiger charge is 2.04. The molecule has 2 heteroatoms. The molecule has 0 bridgehead atoms. The van der Waals surface area contributed by atoms with Gasteiger partial charge in [-0.15, -0.1) is 0 Å². The van der Waals surface area contributed by atoms with Crippen molar-refractivity contribution >= 4 is 0 Å². The van der Waals surface area contributed by atoms with Crippen molar-refractivity contribution in [2.75, 3.05) is 7.11 Å². The summed E-state index contributed by atoms with van der Waals surface area (Å²) < 4.78 is 7.16. The minimum absolute atomic E-state index is 0.907. The quantitative estimate of drug-likeness (QED) is 0.578. The highest BCUT2D eigenvalue weighted by Crippen LogP contribution is 2.05. The Morgan fingerprint density at radius 1 is 1.45 bits per heavy atom. The summed E-state index contributed by atoms with van der Waals surface area (Å²) in [6.07, 6.45) is 3.04. The van der Waals surface area contributed by atoms with Crippen LogP contribution in [-0.2, 0) is 13.5 Å². The molecule has 60 valence electrons. The van der Waals surface area contributed by atoms with Crippen LogP contribution < -0.4 is 9.30 Å². The predicted molar refractivity (Wildman–Crippen MR) is 43.5 cm³/mol. The maximum atomic E-state index is 5.07. The van der Waals surface area contributed by atoms with Crippen molar-refractivity contribution in [3.05, 3.63) is 24.0 Å². The number of aromatic nitrogens is 1. The van der Waals surface area contributed by atoms with Gasteiger partial charge < -0.3 is 4.74 Å². The zero-order chi connectivity index (χ0) is 8.27. The normalized spacial score (nSPS) is 9.73. The van der Waals surface area contributed by atoms with Crippen LogP contribution in [-0.4, -0.2) is 7.11 Å². The lowest BCUT2D eigenvalue weighted by atomic mass is 10.3. The molecule has 0 aliphatic heterocycles. The van der Waals surface area contributed by atoms with Crippen molar-refractivity contribution in [1.82, 2.24) is 0 Å². The van der Waals surface area contributed by atoms with E-state index in [0.717, 1.165) is 12.2 Å². The summed E-state index contributed by atoms with van der Waals surface area (Å²) in [6, 6.07) is 4.07. The molecule has 0 saturated carbocycles. The van der Waals surface area contributed by atoms with E-state index in [4.69, 9.17) is 4.74 Å². The number of pyridine rings is 1. The topological polar surface area (TPSA) is 13.1 Å². The molecule has 0 unspecified atom stereocenters. The molecule has 0 aliphatic rings. The van der Waals surface area contributed by atoms with Crippen molar-refractivity contribution in [2.45, 2.75) is 13.3 Å². The third-order valence-corrected chi connectivity index (χ3v) is 1.81. The summed E-state index contributed by atoms with van der Waals surface area (Å²) in [5.41, 5.74) is 1.31. The summed E-state index contributed by atoms with van der Waals surface area (Å²) in [7, 11) is 3.71. The average molecular weight is 152 g/mol. The Morgan fingerprint density at radius 2 is 2.18 bits per heavy atom. The molecular weight excluding hydrogens is 138 g/mol. The molecule has 1 aromatic rings. The zero-order valence-electron chi connectivity index (χ0n) is 7.29. The van der Waals surface area contributed by atoms with Crippen molar-refractivity contribution < 1.29 is 9.30 Å². The second-order valence-corrected chi connectivity index (χ2v) is 2.52. The summed E-state index contributed by atoms with van der Waals surface area (Å²) in [5.74, 6) is 0.907. The lowest BCUT2D eigenvalue weighted by Crippen LogP contribution is -2.32. The largest absolute Gasteiger partial charge is 0.491 e. The van der Waals surface area contributed by atoms with Gasteiger partial charge >= 0.3 is 0 Å². The summed E-state index contributed by atoms with van der Waals surface area (Å²) >= 11 is 0. The van der Waals surface area contributed by atoms with Crippen LogP contribution in [0.15, 0.2) is 18.3 Å². The van der Waals surface area contributed by atoms with Gasteiger partial charge in [0.1, 0.15) is 7.05 Å². The highest BCUT2D eigenvalue weighted by atomic mass is 16.5. The number of hydrogen-bond donors (Lipinski definition) is 0. The second kappa shape index (κ2) is 3.37. The first-order chi connectivity index (χ1) is 5.27. The zero-order valence-corrected chi connectivity index (χ0v) is 7.29. The Kier molecular flexibility index (Phi) is 2.47. The molecule has 0 saturated heterocycles. The van der Waals surface area contributed by atoms with Gasteiger partial charge in [-0.05, 0) is 6.07 Å². The Morgan fingerprint density at radius 3 is 2.64 bits per heavy atom. The molecule has 0 spiro atoms. The van der Waals surface area contributed by atoms with E-state index in [1.807, 2.05) is 19.3 Å². The molecule has 2 nitrogen and oxygen atoms in total. The Balaban J connectivity index is 2.99. The molecule has 0 fully saturated rings. The molecule has 1 rings (SSSR count). The number of rotatable bonds is 2. The minimum atomic E-state index is 0.907. The summed E-state index contributed by atoms with van der Waals surface area (Å²) in [6.45, 7) is 2.14. The monoisotopic (exact) mass is 152 g/mol. The number of aryl methyl sites for hydroxylation is 2. The van der Waals surface area contributed by atoms with Crippen molar-refractivity contribution in [2.24, 2.45) is 7.05 Å². The predicted octanol–water partition coefficient (Wildman–Crippen LogP) is 1.08. The fourth-order valence-corrected chi connectivity index (χ4v) is 1.10. The smallest absolute Gasteiger partial charge is 0.211 e. The SMILES string of the molecule is CCc1ccc(OC)c[n+]1C. The van der Waals surface area contributed by atoms with Crippen LogP contribution in [0.3, 0.4) is 0 Å². The van der Waals surface area contributed by atoms with Crippen molar-refractivity contribution in [3.63, 3.8) is 0 Å². The molecule has 0 aromatic carbocycles. The summed E-state index contributed by atoms with van der Waals surface area (Å²) in [4.78, 5) is 0. The first-order valence-corrected chi connectivity index (χ1v) is 3.80. The standard InChI is InChI=1S/C9H14NO/c1-4-8-5-6-9(11-3)7-10(8)2/h5-7H,4H2,1-3H3/q+1. The van der Waals surface area contributed by atoms with Crippen LogP contribution in [0.25, 0.3) is 0 Å².